The van der Waals surface area contributed by atoms with E-state index < -0.39 is 0 Å². The predicted octanol–water partition coefficient (Wildman–Crippen LogP) is 2.91. The molecule has 1 N–H and O–H groups in total. The Morgan fingerprint density at radius 3 is 3.00 bits per heavy atom. The van der Waals surface area contributed by atoms with Gasteiger partial charge in [-0.25, -0.2) is 4.98 Å². The van der Waals surface area contributed by atoms with Gasteiger partial charge in [-0.05, 0) is 42.9 Å². The Morgan fingerprint density at radius 1 is 1.24 bits per heavy atom. The summed E-state index contributed by atoms with van der Waals surface area (Å²) in [6.45, 7) is 2.15. The van der Waals surface area contributed by atoms with Crippen molar-refractivity contribution in [2.75, 3.05) is 0 Å². The first-order chi connectivity index (χ1) is 8.36. The lowest BCUT2D eigenvalue weighted by Crippen LogP contribution is -1.87. The minimum atomic E-state index is 0.836. The molecule has 2 aromatic rings. The van der Waals surface area contributed by atoms with Gasteiger partial charge in [0.05, 0.1) is 0 Å². The molecule has 1 aliphatic carbocycles. The van der Waals surface area contributed by atoms with Crippen LogP contribution in [0, 0.1) is 0 Å². The number of aromatic amines is 1. The zero-order chi connectivity index (χ0) is 11.7. The second kappa shape index (κ2) is 4.32. The number of nitrogens with zero attached hydrogens (tertiary/aromatic N) is 2. The first-order valence-electron chi connectivity index (χ1n) is 6.40. The summed E-state index contributed by atoms with van der Waals surface area (Å²) in [4.78, 5) is 4.53. The summed E-state index contributed by atoms with van der Waals surface area (Å²) in [5.41, 5.74) is 4.12. The normalized spacial score (nSPS) is 13.9. The lowest BCUT2D eigenvalue weighted by molar-refractivity contribution is 0.841. The van der Waals surface area contributed by atoms with Gasteiger partial charge < -0.3 is 0 Å². The fourth-order valence-electron chi connectivity index (χ4n) is 2.48. The molecule has 1 aromatic carbocycles. The van der Waals surface area contributed by atoms with Crippen molar-refractivity contribution >= 4 is 0 Å². The van der Waals surface area contributed by atoms with Crippen molar-refractivity contribution < 1.29 is 0 Å². The van der Waals surface area contributed by atoms with E-state index >= 15 is 0 Å². The van der Waals surface area contributed by atoms with Gasteiger partial charge in [0.2, 0.25) is 0 Å². The fraction of sp³-hybridized carbons (Fsp3) is 0.429. The lowest BCUT2D eigenvalue weighted by atomic mass is 10.1. The molecule has 0 saturated heterocycles. The highest BCUT2D eigenvalue weighted by molar-refractivity contribution is 5.57. The van der Waals surface area contributed by atoms with Crippen molar-refractivity contribution in [3.63, 3.8) is 0 Å². The van der Waals surface area contributed by atoms with E-state index in [1.54, 1.807) is 0 Å². The molecule has 0 fully saturated rings. The number of rotatable bonds is 3. The second-order valence-electron chi connectivity index (χ2n) is 4.69. The van der Waals surface area contributed by atoms with Gasteiger partial charge >= 0.3 is 0 Å². The molecule has 0 spiro atoms. The van der Waals surface area contributed by atoms with Crippen molar-refractivity contribution in [1.29, 1.82) is 0 Å². The fourth-order valence-corrected chi connectivity index (χ4v) is 2.48. The van der Waals surface area contributed by atoms with Crippen LogP contribution in [-0.4, -0.2) is 15.2 Å². The molecule has 0 aliphatic heterocycles. The number of nitrogens with one attached hydrogen (secondary N) is 1. The minimum Gasteiger partial charge on any atom is -0.263 e. The van der Waals surface area contributed by atoms with E-state index in [4.69, 9.17) is 0 Å². The third-order valence-corrected chi connectivity index (χ3v) is 3.38. The Morgan fingerprint density at radius 2 is 2.12 bits per heavy atom. The van der Waals surface area contributed by atoms with Crippen molar-refractivity contribution in [2.24, 2.45) is 0 Å². The van der Waals surface area contributed by atoms with Crippen LogP contribution in [0.2, 0.25) is 0 Å². The van der Waals surface area contributed by atoms with E-state index in [9.17, 15) is 0 Å². The predicted molar refractivity (Wildman–Crippen MR) is 67.8 cm³/mol. The van der Waals surface area contributed by atoms with Gasteiger partial charge in [0, 0.05) is 12.0 Å². The topological polar surface area (TPSA) is 41.6 Å². The summed E-state index contributed by atoms with van der Waals surface area (Å²) in [7, 11) is 0. The van der Waals surface area contributed by atoms with E-state index in [0.29, 0.717) is 0 Å². The van der Waals surface area contributed by atoms with Crippen LogP contribution < -0.4 is 0 Å². The number of H-pyrrole nitrogens is 1. The molecule has 3 nitrogen and oxygen atoms in total. The van der Waals surface area contributed by atoms with Crippen LogP contribution in [0.1, 0.15) is 36.7 Å². The molecule has 1 aromatic heterocycles. The zero-order valence-corrected chi connectivity index (χ0v) is 10.2. The van der Waals surface area contributed by atoms with Crippen molar-refractivity contribution in [3.05, 3.63) is 35.2 Å². The molecule has 1 aliphatic rings. The summed E-state index contributed by atoms with van der Waals surface area (Å²) in [6, 6.07) is 6.62. The van der Waals surface area contributed by atoms with Crippen LogP contribution in [0.5, 0.6) is 0 Å². The third-order valence-electron chi connectivity index (χ3n) is 3.38. The quantitative estimate of drug-likeness (QED) is 0.876. The van der Waals surface area contributed by atoms with Gasteiger partial charge in [0.1, 0.15) is 5.82 Å². The Kier molecular flexibility index (Phi) is 2.67. The Hall–Kier alpha value is -1.64. The molecule has 0 radical (unpaired) electrons. The maximum Gasteiger partial charge on any atom is 0.181 e. The van der Waals surface area contributed by atoms with Gasteiger partial charge in [-0.2, -0.15) is 5.10 Å². The van der Waals surface area contributed by atoms with Crippen molar-refractivity contribution in [2.45, 2.75) is 39.0 Å². The maximum absolute atomic E-state index is 4.53. The molecule has 88 valence electrons. The third kappa shape index (κ3) is 1.97. The number of hydrogen-bond donors (Lipinski definition) is 1. The van der Waals surface area contributed by atoms with Gasteiger partial charge in [-0.1, -0.05) is 19.1 Å². The van der Waals surface area contributed by atoms with Gasteiger partial charge in [-0.15, -0.1) is 0 Å². The molecule has 0 saturated carbocycles. The first kappa shape index (κ1) is 10.5. The monoisotopic (exact) mass is 227 g/mol. The summed E-state index contributed by atoms with van der Waals surface area (Å²) in [5.74, 6) is 1.83. The molecule has 0 atom stereocenters. The SMILES string of the molecule is CCCc1nc(-c2ccc3c(c2)CCC3)n[nH]1. The van der Waals surface area contributed by atoms with E-state index in [2.05, 4.69) is 40.3 Å². The van der Waals surface area contributed by atoms with E-state index in [0.717, 1.165) is 30.1 Å². The number of fused-ring (bicyclic) bond motifs is 1. The molecular formula is C14H17N3. The summed E-state index contributed by atoms with van der Waals surface area (Å²) < 4.78 is 0. The largest absolute Gasteiger partial charge is 0.263 e. The van der Waals surface area contributed by atoms with E-state index in [-0.39, 0.29) is 0 Å². The Balaban J connectivity index is 1.92. The highest BCUT2D eigenvalue weighted by Gasteiger charge is 2.13. The Labute approximate surface area is 101 Å². The molecule has 0 unspecified atom stereocenters. The van der Waals surface area contributed by atoms with Crippen LogP contribution in [0.3, 0.4) is 0 Å². The summed E-state index contributed by atoms with van der Waals surface area (Å²) in [6.07, 6.45) is 5.78. The highest BCUT2D eigenvalue weighted by atomic mass is 15.2. The Bertz CT molecular complexity index is 528. The second-order valence-corrected chi connectivity index (χ2v) is 4.69. The van der Waals surface area contributed by atoms with Gasteiger partial charge in [0.15, 0.2) is 5.82 Å². The first-order valence-corrected chi connectivity index (χ1v) is 6.40. The van der Waals surface area contributed by atoms with Crippen LogP contribution in [0.25, 0.3) is 11.4 Å². The molecule has 3 rings (SSSR count). The minimum absolute atomic E-state index is 0.836. The standard InChI is InChI=1S/C14H17N3/c1-2-4-13-15-14(17-16-13)12-8-7-10-5-3-6-11(10)9-12/h7-9H,2-6H2,1H3,(H,15,16,17). The van der Waals surface area contributed by atoms with Crippen molar-refractivity contribution in [1.82, 2.24) is 15.2 Å². The number of benzene rings is 1. The van der Waals surface area contributed by atoms with Crippen molar-refractivity contribution in [3.8, 4) is 11.4 Å². The van der Waals surface area contributed by atoms with Gasteiger partial charge in [0.25, 0.3) is 0 Å². The van der Waals surface area contributed by atoms with Crippen LogP contribution in [-0.2, 0) is 19.3 Å². The molecule has 1 heterocycles. The average molecular weight is 227 g/mol. The van der Waals surface area contributed by atoms with E-state index in [1.165, 1.54) is 30.4 Å². The summed E-state index contributed by atoms with van der Waals surface area (Å²) in [5, 5.41) is 7.31. The number of hydrogen-bond acceptors (Lipinski definition) is 2. The van der Waals surface area contributed by atoms with E-state index in [1.807, 2.05) is 0 Å². The summed E-state index contributed by atoms with van der Waals surface area (Å²) >= 11 is 0. The highest BCUT2D eigenvalue weighted by Crippen LogP contribution is 2.26. The molecule has 0 bridgehead atoms. The average Bonchev–Trinajstić information content (AvgIpc) is 2.96. The van der Waals surface area contributed by atoms with Crippen LogP contribution in [0.4, 0.5) is 0 Å². The van der Waals surface area contributed by atoms with Crippen LogP contribution >= 0.6 is 0 Å². The maximum atomic E-state index is 4.53. The molecular weight excluding hydrogens is 210 g/mol. The lowest BCUT2D eigenvalue weighted by Gasteiger charge is -2.00. The molecule has 3 heteroatoms. The number of aromatic nitrogens is 3. The smallest absolute Gasteiger partial charge is 0.181 e. The number of aryl methyl sites for hydroxylation is 3. The van der Waals surface area contributed by atoms with Gasteiger partial charge in [-0.3, -0.25) is 5.10 Å². The molecule has 0 amide bonds. The van der Waals surface area contributed by atoms with Crippen LogP contribution in [0.15, 0.2) is 18.2 Å². The zero-order valence-electron chi connectivity index (χ0n) is 10.2. The molecule has 17 heavy (non-hydrogen) atoms.